The maximum absolute atomic E-state index is 15.7. The summed E-state index contributed by atoms with van der Waals surface area (Å²) in [7, 11) is -4.63. The number of nitrogen functional groups attached to an aromatic ring is 1. The van der Waals surface area contributed by atoms with E-state index in [9.17, 15) is 19.0 Å². The van der Waals surface area contributed by atoms with Gasteiger partial charge in [0.05, 0.1) is 13.2 Å². The SMILES string of the molecule is CCCCCCCCCCCCOP(=O)(O)OCC1OC([n+]2ccc(N)[nH]c2=O)C(F)(F)C1OC(=O)CCCCCCCCCCCC. The highest BCUT2D eigenvalue weighted by atomic mass is 31.2. The zero-order valence-corrected chi connectivity index (χ0v) is 30.1. The molecule has 48 heavy (non-hydrogen) atoms. The van der Waals surface area contributed by atoms with Crippen molar-refractivity contribution >= 4 is 19.6 Å². The molecule has 1 aliphatic heterocycles. The van der Waals surface area contributed by atoms with E-state index in [0.717, 1.165) is 57.6 Å². The van der Waals surface area contributed by atoms with Gasteiger partial charge < -0.3 is 20.1 Å². The van der Waals surface area contributed by atoms with Crippen molar-refractivity contribution in [1.29, 1.82) is 0 Å². The van der Waals surface area contributed by atoms with Gasteiger partial charge in [0.15, 0.2) is 5.82 Å². The van der Waals surface area contributed by atoms with Gasteiger partial charge in [0.1, 0.15) is 12.3 Å². The number of hydrogen-bond acceptors (Lipinski definition) is 8. The zero-order chi connectivity index (χ0) is 35.3. The van der Waals surface area contributed by atoms with Crippen LogP contribution in [0.15, 0.2) is 17.1 Å². The summed E-state index contributed by atoms with van der Waals surface area (Å²) in [6, 6.07) is 1.21. The molecular weight excluding hydrogens is 647 g/mol. The molecule has 2 heterocycles. The van der Waals surface area contributed by atoms with Crippen LogP contribution in [-0.2, 0) is 27.9 Å². The number of esters is 1. The van der Waals surface area contributed by atoms with Crippen LogP contribution < -0.4 is 16.0 Å². The Hall–Kier alpha value is -1.92. The van der Waals surface area contributed by atoms with Crippen molar-refractivity contribution in [2.45, 2.75) is 173 Å². The van der Waals surface area contributed by atoms with E-state index in [0.29, 0.717) is 17.4 Å². The second kappa shape index (κ2) is 23.5. The number of nitrogens with zero attached hydrogens (tertiary/aromatic N) is 1. The summed E-state index contributed by atoms with van der Waals surface area (Å²) < 4.78 is 65.4. The number of nitrogens with one attached hydrogen (secondary N) is 1. The molecule has 2 rings (SSSR count). The lowest BCUT2D eigenvalue weighted by Gasteiger charge is -2.23. The number of carbonyl (C=O) groups is 1. The van der Waals surface area contributed by atoms with E-state index in [1.807, 2.05) is 0 Å². The third kappa shape index (κ3) is 16.2. The van der Waals surface area contributed by atoms with Crippen molar-refractivity contribution in [3.63, 3.8) is 0 Å². The Morgan fingerprint density at radius 3 is 1.92 bits per heavy atom. The number of nitrogens with two attached hydrogens (primary N) is 1. The molecule has 14 heteroatoms. The second-order valence-corrected chi connectivity index (χ2v) is 14.4. The van der Waals surface area contributed by atoms with Crippen LogP contribution >= 0.6 is 7.82 Å². The number of hydrogen-bond donors (Lipinski definition) is 3. The Morgan fingerprint density at radius 1 is 0.896 bits per heavy atom. The molecule has 1 aliphatic rings. The van der Waals surface area contributed by atoms with E-state index >= 15 is 8.78 Å². The fourth-order valence-electron chi connectivity index (χ4n) is 5.82. The number of phosphoric ester groups is 1. The third-order valence-electron chi connectivity index (χ3n) is 8.65. The lowest BCUT2D eigenvalue weighted by Crippen LogP contribution is -2.60. The first-order chi connectivity index (χ1) is 23.0. The Bertz CT molecular complexity index is 1140. The lowest BCUT2D eigenvalue weighted by molar-refractivity contribution is -0.789. The van der Waals surface area contributed by atoms with Gasteiger partial charge >= 0.3 is 25.4 Å². The number of ether oxygens (including phenoxy) is 2. The minimum Gasteiger partial charge on any atom is -0.453 e. The van der Waals surface area contributed by atoms with E-state index in [-0.39, 0.29) is 18.8 Å². The fourth-order valence-corrected chi connectivity index (χ4v) is 6.59. The molecular formula is C34H61F2N3O8P+. The molecule has 4 unspecified atom stereocenters. The summed E-state index contributed by atoms with van der Waals surface area (Å²) in [5, 5.41) is 0. The molecule has 0 bridgehead atoms. The number of carbonyl (C=O) groups excluding carboxylic acids is 1. The molecule has 0 radical (unpaired) electrons. The second-order valence-electron chi connectivity index (χ2n) is 12.9. The minimum atomic E-state index is -4.63. The van der Waals surface area contributed by atoms with Crippen LogP contribution in [0.2, 0.25) is 0 Å². The molecule has 0 aromatic carbocycles. The number of anilines is 1. The topological polar surface area (TPSA) is 154 Å². The molecule has 11 nitrogen and oxygen atoms in total. The highest BCUT2D eigenvalue weighted by molar-refractivity contribution is 7.47. The normalized spacial score (nSPS) is 20.1. The lowest BCUT2D eigenvalue weighted by atomic mass is 10.1. The smallest absolute Gasteiger partial charge is 0.453 e. The van der Waals surface area contributed by atoms with Crippen LogP contribution in [0.25, 0.3) is 0 Å². The number of H-pyrrole nitrogens is 1. The van der Waals surface area contributed by atoms with Crippen molar-refractivity contribution in [2.24, 2.45) is 0 Å². The summed E-state index contributed by atoms with van der Waals surface area (Å²) in [4.78, 5) is 37.6. The number of phosphoric acid groups is 1. The van der Waals surface area contributed by atoms with Gasteiger partial charge in [-0.15, -0.1) is 0 Å². The van der Waals surface area contributed by atoms with Crippen LogP contribution in [0.1, 0.15) is 155 Å². The molecule has 1 saturated heterocycles. The van der Waals surface area contributed by atoms with E-state index in [2.05, 4.69) is 18.8 Å². The monoisotopic (exact) mass is 708 g/mol. The molecule has 278 valence electrons. The predicted octanol–water partition coefficient (Wildman–Crippen LogP) is 8.05. The number of aromatic amines is 1. The van der Waals surface area contributed by atoms with E-state index in [4.69, 9.17) is 24.3 Å². The number of halogens is 2. The van der Waals surface area contributed by atoms with E-state index < -0.39 is 50.4 Å². The standard InChI is InChI=1S/C34H60F2N3O8P/c1-3-5-7-9-11-13-15-17-19-21-23-30(40)47-31-28(46-32(34(31,35)36)39-25-24-29(37)38-33(39)41)27-45-48(42,43)44-26-22-20-18-16-14-12-10-8-6-4-2/h24-25,28,31-32H,3-23,26-27H2,1-2H3,(H3,37,38,41,42,43)/p+1. The van der Waals surface area contributed by atoms with Crippen molar-refractivity contribution in [1.82, 2.24) is 4.98 Å². The summed E-state index contributed by atoms with van der Waals surface area (Å²) in [6.07, 6.45) is 16.2. The molecule has 4 atom stereocenters. The average molecular weight is 709 g/mol. The first-order valence-electron chi connectivity index (χ1n) is 18.3. The van der Waals surface area contributed by atoms with Crippen molar-refractivity contribution in [2.75, 3.05) is 18.9 Å². The van der Waals surface area contributed by atoms with Gasteiger partial charge in [0, 0.05) is 12.5 Å². The van der Waals surface area contributed by atoms with Gasteiger partial charge in [0.2, 0.25) is 6.10 Å². The van der Waals surface area contributed by atoms with Crippen LogP contribution in [0, 0.1) is 0 Å². The maximum atomic E-state index is 15.7. The number of unbranched alkanes of at least 4 members (excludes halogenated alkanes) is 18. The average Bonchev–Trinajstić information content (AvgIpc) is 3.28. The Labute approximate surface area is 285 Å². The molecule has 1 aromatic rings. The molecule has 0 spiro atoms. The minimum absolute atomic E-state index is 0.0392. The molecule has 0 aliphatic carbocycles. The summed E-state index contributed by atoms with van der Waals surface area (Å²) in [5.74, 6) is -4.78. The molecule has 1 aromatic heterocycles. The van der Waals surface area contributed by atoms with E-state index in [1.54, 1.807) is 0 Å². The number of rotatable bonds is 28. The first-order valence-corrected chi connectivity index (χ1v) is 19.8. The summed E-state index contributed by atoms with van der Waals surface area (Å²) in [5.41, 5.74) is 4.59. The first kappa shape index (κ1) is 42.2. The van der Waals surface area contributed by atoms with Gasteiger partial charge in [-0.3, -0.25) is 13.8 Å². The largest absolute Gasteiger partial charge is 0.499 e. The van der Waals surface area contributed by atoms with Gasteiger partial charge in [-0.2, -0.15) is 23.1 Å². The van der Waals surface area contributed by atoms with Crippen LogP contribution in [0.3, 0.4) is 0 Å². The number of alkyl halides is 2. The van der Waals surface area contributed by atoms with Gasteiger partial charge in [0.25, 0.3) is 6.23 Å². The highest BCUT2D eigenvalue weighted by Gasteiger charge is 2.65. The zero-order valence-electron chi connectivity index (χ0n) is 29.2. The highest BCUT2D eigenvalue weighted by Crippen LogP contribution is 2.47. The predicted molar refractivity (Wildman–Crippen MR) is 180 cm³/mol. The molecule has 0 amide bonds. The molecule has 4 N–H and O–H groups in total. The van der Waals surface area contributed by atoms with Gasteiger partial charge in [-0.1, -0.05) is 129 Å². The van der Waals surface area contributed by atoms with Crippen molar-refractivity contribution in [3.05, 3.63) is 22.7 Å². The Kier molecular flexibility index (Phi) is 20.7. The van der Waals surface area contributed by atoms with Crippen molar-refractivity contribution < 1.29 is 46.1 Å². The van der Waals surface area contributed by atoms with Crippen LogP contribution in [0.5, 0.6) is 0 Å². The summed E-state index contributed by atoms with van der Waals surface area (Å²) >= 11 is 0. The fraction of sp³-hybridized carbons (Fsp3) is 0.853. The van der Waals surface area contributed by atoms with Gasteiger partial charge in [-0.25, -0.2) is 4.57 Å². The maximum Gasteiger partial charge on any atom is 0.499 e. The Balaban J connectivity index is 1.87. The number of aromatic nitrogens is 2. The van der Waals surface area contributed by atoms with Crippen LogP contribution in [-0.4, -0.2) is 47.2 Å². The van der Waals surface area contributed by atoms with Crippen LogP contribution in [0.4, 0.5) is 14.6 Å². The quantitative estimate of drug-likeness (QED) is 0.0339. The molecule has 1 fully saturated rings. The van der Waals surface area contributed by atoms with Gasteiger partial charge in [-0.05, 0) is 12.8 Å². The summed E-state index contributed by atoms with van der Waals surface area (Å²) in [6.45, 7) is 3.50. The molecule has 0 saturated carbocycles. The van der Waals surface area contributed by atoms with E-state index in [1.165, 1.54) is 70.3 Å². The van der Waals surface area contributed by atoms with Crippen molar-refractivity contribution in [3.8, 4) is 0 Å². The third-order valence-corrected chi connectivity index (χ3v) is 9.63. The Morgan fingerprint density at radius 2 is 1.40 bits per heavy atom.